The fraction of sp³-hybridized carbons (Fsp3) is 0.588. The molecule has 2 aliphatic rings. The normalized spacial score (nSPS) is 18.5. The van der Waals surface area contributed by atoms with Crippen LogP contribution >= 0.6 is 0 Å². The number of nitrogens with zero attached hydrogens (tertiary/aromatic N) is 1. The van der Waals surface area contributed by atoms with Gasteiger partial charge in [0, 0.05) is 25.6 Å². The summed E-state index contributed by atoms with van der Waals surface area (Å²) >= 11 is 0. The van der Waals surface area contributed by atoms with Crippen molar-refractivity contribution in [2.45, 2.75) is 32.2 Å². The van der Waals surface area contributed by atoms with Crippen molar-refractivity contribution in [3.8, 4) is 5.75 Å². The van der Waals surface area contributed by atoms with Crippen molar-refractivity contribution in [1.82, 2.24) is 9.62 Å². The van der Waals surface area contributed by atoms with E-state index < -0.39 is 10.0 Å². The summed E-state index contributed by atoms with van der Waals surface area (Å²) in [6.45, 7) is 1.04. The maximum Gasteiger partial charge on any atom is 0.223 e. The minimum absolute atomic E-state index is 0.00691. The highest BCUT2D eigenvalue weighted by Crippen LogP contribution is 2.26. The molecular formula is C17H24N2O4S. The summed E-state index contributed by atoms with van der Waals surface area (Å²) in [6.07, 6.45) is 3.62. The first-order valence-electron chi connectivity index (χ1n) is 8.41. The highest BCUT2D eigenvalue weighted by molar-refractivity contribution is 7.89. The maximum atomic E-state index is 12.5. The molecular weight excluding hydrogens is 328 g/mol. The van der Waals surface area contributed by atoms with Crippen LogP contribution in [0.15, 0.2) is 18.2 Å². The Balaban J connectivity index is 1.56. The quantitative estimate of drug-likeness (QED) is 0.837. The summed E-state index contributed by atoms with van der Waals surface area (Å²) in [5, 5.41) is 2.75. The van der Waals surface area contributed by atoms with Gasteiger partial charge in [-0.2, -0.15) is 4.31 Å². The molecule has 0 saturated heterocycles. The first-order valence-corrected chi connectivity index (χ1v) is 10.0. The topological polar surface area (TPSA) is 75.7 Å². The van der Waals surface area contributed by atoms with Gasteiger partial charge in [0.15, 0.2) is 0 Å². The Kier molecular flexibility index (Phi) is 5.10. The van der Waals surface area contributed by atoms with E-state index in [0.29, 0.717) is 19.5 Å². The van der Waals surface area contributed by atoms with Gasteiger partial charge in [-0.05, 0) is 42.5 Å². The predicted molar refractivity (Wildman–Crippen MR) is 91.2 cm³/mol. The zero-order valence-electron chi connectivity index (χ0n) is 14.0. The number of amides is 1. The smallest absolute Gasteiger partial charge is 0.223 e. The molecule has 24 heavy (non-hydrogen) atoms. The van der Waals surface area contributed by atoms with E-state index in [1.54, 1.807) is 7.11 Å². The average Bonchev–Trinajstić information content (AvgIpc) is 2.52. The number of rotatable bonds is 6. The largest absolute Gasteiger partial charge is 0.497 e. The Morgan fingerprint density at radius 3 is 2.79 bits per heavy atom. The number of carbonyl (C=O) groups excluding carboxylic acids is 1. The molecule has 1 amide bonds. The number of methoxy groups -OCH3 is 1. The molecule has 6 nitrogen and oxygen atoms in total. The molecule has 0 radical (unpaired) electrons. The van der Waals surface area contributed by atoms with Gasteiger partial charge in [-0.3, -0.25) is 4.79 Å². The van der Waals surface area contributed by atoms with Crippen LogP contribution in [0.4, 0.5) is 0 Å². The zero-order valence-corrected chi connectivity index (χ0v) is 14.8. The average molecular weight is 352 g/mol. The highest BCUT2D eigenvalue weighted by atomic mass is 32.2. The number of ether oxygens (including phenoxy) is 1. The lowest BCUT2D eigenvalue weighted by atomic mass is 9.85. The van der Waals surface area contributed by atoms with Gasteiger partial charge in [-0.15, -0.1) is 0 Å². The van der Waals surface area contributed by atoms with Crippen molar-refractivity contribution in [3.63, 3.8) is 0 Å². The second-order valence-corrected chi connectivity index (χ2v) is 8.54. The minimum Gasteiger partial charge on any atom is -0.497 e. The molecule has 1 aliphatic carbocycles. The van der Waals surface area contributed by atoms with Crippen LogP contribution in [0.2, 0.25) is 0 Å². The lowest BCUT2D eigenvalue weighted by Crippen LogP contribution is -2.42. The van der Waals surface area contributed by atoms with Crippen molar-refractivity contribution in [2.24, 2.45) is 5.92 Å². The zero-order chi connectivity index (χ0) is 17.2. The van der Waals surface area contributed by atoms with Crippen LogP contribution in [-0.2, 0) is 27.8 Å². The molecule has 1 aromatic rings. The van der Waals surface area contributed by atoms with Crippen LogP contribution in [0, 0.1) is 5.92 Å². The van der Waals surface area contributed by atoms with Crippen molar-refractivity contribution >= 4 is 15.9 Å². The number of carbonyl (C=O) groups is 1. The Bertz CT molecular complexity index is 713. The third-order valence-electron chi connectivity index (χ3n) is 4.92. The summed E-state index contributed by atoms with van der Waals surface area (Å²) < 4.78 is 31.7. The lowest BCUT2D eigenvalue weighted by molar-refractivity contribution is -0.127. The number of hydrogen-bond donors (Lipinski definition) is 1. The molecule has 1 heterocycles. The summed E-state index contributed by atoms with van der Waals surface area (Å²) in [4.78, 5) is 11.8. The molecule has 132 valence electrons. The van der Waals surface area contributed by atoms with Crippen molar-refractivity contribution in [1.29, 1.82) is 0 Å². The fourth-order valence-corrected chi connectivity index (χ4v) is 4.44. The van der Waals surface area contributed by atoms with Gasteiger partial charge >= 0.3 is 0 Å². The van der Waals surface area contributed by atoms with E-state index in [4.69, 9.17) is 4.74 Å². The van der Waals surface area contributed by atoms with Crippen molar-refractivity contribution in [3.05, 3.63) is 29.3 Å². The molecule has 1 aromatic carbocycles. The van der Waals surface area contributed by atoms with Gasteiger partial charge in [0.05, 0.1) is 12.9 Å². The van der Waals surface area contributed by atoms with Gasteiger partial charge in [0.1, 0.15) is 5.75 Å². The summed E-state index contributed by atoms with van der Waals surface area (Å²) in [5.41, 5.74) is 2.16. The summed E-state index contributed by atoms with van der Waals surface area (Å²) in [6, 6.07) is 5.75. The van der Waals surface area contributed by atoms with Crippen LogP contribution in [0.1, 0.15) is 30.4 Å². The van der Waals surface area contributed by atoms with Gasteiger partial charge in [-0.1, -0.05) is 12.5 Å². The molecule has 1 aliphatic heterocycles. The first-order chi connectivity index (χ1) is 11.5. The third kappa shape index (κ3) is 3.72. The first kappa shape index (κ1) is 17.2. The predicted octanol–water partition coefficient (Wildman–Crippen LogP) is 1.30. The van der Waals surface area contributed by atoms with E-state index in [1.807, 2.05) is 18.2 Å². The van der Waals surface area contributed by atoms with E-state index in [-0.39, 0.29) is 24.1 Å². The number of nitrogens with one attached hydrogen (secondary N) is 1. The van der Waals surface area contributed by atoms with Crippen LogP contribution < -0.4 is 10.1 Å². The maximum absolute atomic E-state index is 12.5. The number of sulfonamides is 1. The van der Waals surface area contributed by atoms with Crippen LogP contribution in [0.25, 0.3) is 0 Å². The molecule has 1 fully saturated rings. The van der Waals surface area contributed by atoms with Gasteiger partial charge in [-0.25, -0.2) is 8.42 Å². The van der Waals surface area contributed by atoms with E-state index in [0.717, 1.165) is 36.1 Å². The molecule has 0 unspecified atom stereocenters. The fourth-order valence-electron chi connectivity index (χ4n) is 3.11. The second kappa shape index (κ2) is 7.11. The second-order valence-electron chi connectivity index (χ2n) is 6.45. The van der Waals surface area contributed by atoms with E-state index in [2.05, 4.69) is 5.32 Å². The third-order valence-corrected chi connectivity index (χ3v) is 6.74. The standard InChI is InChI=1S/C17H24N2O4S/c1-23-16-6-5-15-12-19(9-7-14(15)11-16)24(21,22)10-8-18-17(20)13-3-2-4-13/h5-6,11,13H,2-4,7-10,12H2,1H3,(H,18,20). The molecule has 0 aromatic heterocycles. The molecule has 7 heteroatoms. The van der Waals surface area contributed by atoms with E-state index in [9.17, 15) is 13.2 Å². The lowest BCUT2D eigenvalue weighted by Gasteiger charge is -2.29. The summed E-state index contributed by atoms with van der Waals surface area (Å²) in [5.74, 6) is 0.831. The Labute approximate surface area is 143 Å². The molecule has 0 spiro atoms. The summed E-state index contributed by atoms with van der Waals surface area (Å²) in [7, 11) is -1.74. The van der Waals surface area contributed by atoms with Crippen molar-refractivity contribution < 1.29 is 17.9 Å². The van der Waals surface area contributed by atoms with Gasteiger partial charge in [0.25, 0.3) is 0 Å². The highest BCUT2D eigenvalue weighted by Gasteiger charge is 2.28. The molecule has 3 rings (SSSR count). The number of fused-ring (bicyclic) bond motifs is 1. The Hall–Kier alpha value is -1.60. The van der Waals surface area contributed by atoms with Gasteiger partial charge in [0.2, 0.25) is 15.9 Å². The molecule has 1 saturated carbocycles. The Morgan fingerprint density at radius 2 is 2.12 bits per heavy atom. The van der Waals surface area contributed by atoms with Gasteiger partial charge < -0.3 is 10.1 Å². The number of benzene rings is 1. The van der Waals surface area contributed by atoms with Crippen LogP contribution in [0.5, 0.6) is 5.75 Å². The monoisotopic (exact) mass is 352 g/mol. The van der Waals surface area contributed by atoms with E-state index in [1.165, 1.54) is 4.31 Å². The Morgan fingerprint density at radius 1 is 1.33 bits per heavy atom. The molecule has 0 atom stereocenters. The van der Waals surface area contributed by atoms with Crippen molar-refractivity contribution in [2.75, 3.05) is 26.0 Å². The minimum atomic E-state index is -3.36. The van der Waals surface area contributed by atoms with Crippen LogP contribution in [0.3, 0.4) is 0 Å². The SMILES string of the molecule is COc1ccc2c(c1)CCN(S(=O)(=O)CCNC(=O)C1CCC1)C2. The van der Waals surface area contributed by atoms with E-state index >= 15 is 0 Å². The molecule has 1 N–H and O–H groups in total. The van der Waals surface area contributed by atoms with Crippen LogP contribution in [-0.4, -0.2) is 44.6 Å². The number of hydrogen-bond acceptors (Lipinski definition) is 4. The molecule has 0 bridgehead atoms.